The molecule has 2 N–H and O–H groups in total. The SMILES string of the molecule is COc1cc2c(cc1OC)C(OC(=O)CCC(=O)N[C@H](C(=O)O)C(C)C)=C(CC1CCN(Cc3ccccc3)CC1)C2. The van der Waals surface area contributed by atoms with E-state index >= 15 is 0 Å². The van der Waals surface area contributed by atoms with Crippen LogP contribution in [-0.2, 0) is 32.1 Å². The fourth-order valence-corrected chi connectivity index (χ4v) is 5.75. The number of likely N-dealkylation sites (tertiary alicyclic amines) is 1. The van der Waals surface area contributed by atoms with E-state index in [4.69, 9.17) is 14.2 Å². The first kappa shape index (κ1) is 31.1. The molecule has 9 nitrogen and oxygen atoms in total. The third-order valence-corrected chi connectivity index (χ3v) is 8.09. The van der Waals surface area contributed by atoms with Gasteiger partial charge in [0.1, 0.15) is 11.8 Å². The smallest absolute Gasteiger partial charge is 0.326 e. The van der Waals surface area contributed by atoms with E-state index in [2.05, 4.69) is 34.5 Å². The zero-order chi connectivity index (χ0) is 30.2. The molecule has 1 atom stereocenters. The molecule has 0 unspecified atom stereocenters. The molecular weight excluding hydrogens is 536 g/mol. The highest BCUT2D eigenvalue weighted by Gasteiger charge is 2.31. The molecule has 1 saturated heterocycles. The van der Waals surface area contributed by atoms with Gasteiger partial charge in [0.05, 0.1) is 20.6 Å². The second-order valence-electron chi connectivity index (χ2n) is 11.5. The first-order chi connectivity index (χ1) is 20.2. The maximum Gasteiger partial charge on any atom is 0.326 e. The molecule has 1 fully saturated rings. The molecule has 1 aliphatic heterocycles. The Morgan fingerprint density at radius 1 is 1.00 bits per heavy atom. The Bertz CT molecular complexity index is 1300. The fourth-order valence-electron chi connectivity index (χ4n) is 5.75. The molecule has 1 amide bonds. The van der Waals surface area contributed by atoms with Crippen LogP contribution in [0.25, 0.3) is 5.76 Å². The number of hydrogen-bond acceptors (Lipinski definition) is 7. The van der Waals surface area contributed by atoms with Crippen LogP contribution in [0.15, 0.2) is 48.0 Å². The number of methoxy groups -OCH3 is 2. The minimum atomic E-state index is -1.10. The lowest BCUT2D eigenvalue weighted by Crippen LogP contribution is -2.44. The van der Waals surface area contributed by atoms with E-state index in [1.54, 1.807) is 28.1 Å². The van der Waals surface area contributed by atoms with Gasteiger partial charge in [-0.1, -0.05) is 44.2 Å². The molecule has 0 aromatic heterocycles. The molecule has 4 rings (SSSR count). The highest BCUT2D eigenvalue weighted by Crippen LogP contribution is 2.43. The molecule has 0 saturated carbocycles. The van der Waals surface area contributed by atoms with Crippen LogP contribution in [0.4, 0.5) is 0 Å². The van der Waals surface area contributed by atoms with E-state index in [0.717, 1.165) is 55.6 Å². The van der Waals surface area contributed by atoms with Gasteiger partial charge >= 0.3 is 11.9 Å². The summed E-state index contributed by atoms with van der Waals surface area (Å²) in [5, 5.41) is 11.8. The van der Waals surface area contributed by atoms with Crippen LogP contribution in [0.5, 0.6) is 11.5 Å². The number of hydrogen-bond donors (Lipinski definition) is 2. The van der Waals surface area contributed by atoms with Crippen LogP contribution >= 0.6 is 0 Å². The van der Waals surface area contributed by atoms with Crippen molar-refractivity contribution in [3.63, 3.8) is 0 Å². The van der Waals surface area contributed by atoms with Crippen molar-refractivity contribution in [2.45, 2.75) is 65.0 Å². The normalized spacial score (nSPS) is 16.2. The summed E-state index contributed by atoms with van der Waals surface area (Å²) in [6, 6.07) is 13.3. The molecule has 2 aromatic rings. The number of amides is 1. The Kier molecular flexibility index (Phi) is 10.6. The van der Waals surface area contributed by atoms with Crippen LogP contribution < -0.4 is 14.8 Å². The number of carbonyl (C=O) groups excluding carboxylic acids is 2. The lowest BCUT2D eigenvalue weighted by molar-refractivity contribution is -0.143. The minimum Gasteiger partial charge on any atom is -0.493 e. The van der Waals surface area contributed by atoms with Gasteiger partial charge in [-0.15, -0.1) is 0 Å². The monoisotopic (exact) mass is 578 g/mol. The van der Waals surface area contributed by atoms with Crippen LogP contribution in [0, 0.1) is 11.8 Å². The van der Waals surface area contributed by atoms with E-state index in [0.29, 0.717) is 29.6 Å². The van der Waals surface area contributed by atoms with Crippen LogP contribution in [0.2, 0.25) is 0 Å². The van der Waals surface area contributed by atoms with Crippen molar-refractivity contribution in [2.24, 2.45) is 11.8 Å². The number of ether oxygens (including phenoxy) is 3. The number of esters is 1. The first-order valence-electron chi connectivity index (χ1n) is 14.6. The van der Waals surface area contributed by atoms with Gasteiger partial charge in [-0.05, 0) is 79.4 Å². The number of benzene rings is 2. The number of nitrogens with zero attached hydrogens (tertiary/aromatic N) is 1. The Balaban J connectivity index is 1.44. The second kappa shape index (κ2) is 14.4. The maximum atomic E-state index is 13.0. The number of allylic oxidation sites excluding steroid dienone is 1. The minimum absolute atomic E-state index is 0.156. The topological polar surface area (TPSA) is 114 Å². The molecule has 0 spiro atoms. The van der Waals surface area contributed by atoms with Gasteiger partial charge in [-0.25, -0.2) is 4.79 Å². The predicted molar refractivity (Wildman–Crippen MR) is 159 cm³/mol. The average molecular weight is 579 g/mol. The van der Waals surface area contributed by atoms with Crippen LogP contribution in [0.3, 0.4) is 0 Å². The quantitative estimate of drug-likeness (QED) is 0.325. The number of nitrogens with one attached hydrogen (secondary N) is 1. The number of aliphatic carboxylic acids is 1. The van der Waals surface area contributed by atoms with Crippen molar-refractivity contribution in [2.75, 3.05) is 27.3 Å². The van der Waals surface area contributed by atoms with E-state index in [-0.39, 0.29) is 18.8 Å². The van der Waals surface area contributed by atoms with Gasteiger partial charge in [-0.3, -0.25) is 14.5 Å². The van der Waals surface area contributed by atoms with Crippen molar-refractivity contribution >= 4 is 23.6 Å². The zero-order valence-electron chi connectivity index (χ0n) is 25.0. The highest BCUT2D eigenvalue weighted by atomic mass is 16.5. The van der Waals surface area contributed by atoms with Crippen molar-refractivity contribution in [3.05, 3.63) is 64.7 Å². The number of piperidine rings is 1. The Morgan fingerprint density at radius 2 is 1.67 bits per heavy atom. The molecule has 42 heavy (non-hydrogen) atoms. The average Bonchev–Trinajstić information content (AvgIpc) is 3.30. The number of carboxylic acids is 1. The summed E-state index contributed by atoms with van der Waals surface area (Å²) in [7, 11) is 3.16. The van der Waals surface area contributed by atoms with Gasteiger partial charge in [0.25, 0.3) is 0 Å². The van der Waals surface area contributed by atoms with Gasteiger partial charge in [0.2, 0.25) is 5.91 Å². The second-order valence-corrected chi connectivity index (χ2v) is 11.5. The Morgan fingerprint density at radius 3 is 2.29 bits per heavy atom. The third-order valence-electron chi connectivity index (χ3n) is 8.09. The molecule has 0 bridgehead atoms. The maximum absolute atomic E-state index is 13.0. The molecule has 2 aromatic carbocycles. The highest BCUT2D eigenvalue weighted by molar-refractivity contribution is 5.88. The molecule has 226 valence electrons. The van der Waals surface area contributed by atoms with E-state index in [1.165, 1.54) is 5.56 Å². The van der Waals surface area contributed by atoms with Gasteiger partial charge in [0.15, 0.2) is 11.5 Å². The van der Waals surface area contributed by atoms with E-state index < -0.39 is 23.9 Å². The summed E-state index contributed by atoms with van der Waals surface area (Å²) < 4.78 is 17.0. The Hall–Kier alpha value is -3.85. The van der Waals surface area contributed by atoms with Gasteiger partial charge in [-0.2, -0.15) is 0 Å². The van der Waals surface area contributed by atoms with E-state index in [9.17, 15) is 19.5 Å². The first-order valence-corrected chi connectivity index (χ1v) is 14.6. The van der Waals surface area contributed by atoms with Gasteiger partial charge < -0.3 is 24.6 Å². The van der Waals surface area contributed by atoms with Crippen LogP contribution in [0.1, 0.15) is 62.6 Å². The lowest BCUT2D eigenvalue weighted by Gasteiger charge is -2.32. The van der Waals surface area contributed by atoms with E-state index in [1.807, 2.05) is 18.2 Å². The molecule has 9 heteroatoms. The van der Waals surface area contributed by atoms with Crippen LogP contribution in [-0.4, -0.2) is 61.2 Å². The summed E-state index contributed by atoms with van der Waals surface area (Å²) in [5.41, 5.74) is 4.18. The summed E-state index contributed by atoms with van der Waals surface area (Å²) >= 11 is 0. The van der Waals surface area contributed by atoms with Gasteiger partial charge in [0, 0.05) is 18.5 Å². The standard InChI is InChI=1S/C33H42N2O7/c1-21(2)31(33(38)39)34-29(36)10-11-30(37)42-32-25(17-24-18-27(40-3)28(41-4)19-26(24)32)16-22-12-14-35(15-13-22)20-23-8-6-5-7-9-23/h5-9,18-19,21-22,31H,10-17,20H2,1-4H3,(H,34,36)(H,38,39)/t31-/m0/s1. The molecule has 0 radical (unpaired) electrons. The largest absolute Gasteiger partial charge is 0.493 e. The van der Waals surface area contributed by atoms with Crippen molar-refractivity contribution in [3.8, 4) is 11.5 Å². The Labute approximate surface area is 247 Å². The lowest BCUT2D eigenvalue weighted by atomic mass is 9.89. The molecule has 2 aliphatic rings. The predicted octanol–water partition coefficient (Wildman–Crippen LogP) is 4.82. The third kappa shape index (κ3) is 7.91. The summed E-state index contributed by atoms with van der Waals surface area (Å²) in [6.07, 6.45) is 3.26. The van der Waals surface area contributed by atoms with Crippen molar-refractivity contribution in [1.29, 1.82) is 0 Å². The fraction of sp³-hybridized carbons (Fsp3) is 0.485. The number of carbonyl (C=O) groups is 3. The molecular formula is C33H42N2O7. The summed E-state index contributed by atoms with van der Waals surface area (Å²) in [5.74, 6) is -0.244. The summed E-state index contributed by atoms with van der Waals surface area (Å²) in [4.78, 5) is 39.3. The molecule has 1 aliphatic carbocycles. The number of fused-ring (bicyclic) bond motifs is 1. The van der Waals surface area contributed by atoms with Crippen molar-refractivity contribution in [1.82, 2.24) is 10.2 Å². The molecule has 1 heterocycles. The summed E-state index contributed by atoms with van der Waals surface area (Å²) in [6.45, 7) is 6.41. The number of rotatable bonds is 13. The van der Waals surface area contributed by atoms with Crippen molar-refractivity contribution < 1.29 is 33.7 Å². The zero-order valence-corrected chi connectivity index (χ0v) is 25.0. The number of carboxylic acid groups (broad SMARTS) is 1.